The van der Waals surface area contributed by atoms with Crippen molar-refractivity contribution in [2.24, 2.45) is 0 Å². The highest BCUT2D eigenvalue weighted by molar-refractivity contribution is 7.98. The molecule has 4 heteroatoms. The summed E-state index contributed by atoms with van der Waals surface area (Å²) in [6.07, 6.45) is 0. The number of fused-ring (bicyclic) bond motifs is 1. The van der Waals surface area contributed by atoms with Crippen molar-refractivity contribution in [2.45, 2.75) is 10.6 Å². The van der Waals surface area contributed by atoms with Crippen molar-refractivity contribution in [1.29, 1.82) is 0 Å². The molecule has 2 N–H and O–H groups in total. The second kappa shape index (κ2) is 5.45. The summed E-state index contributed by atoms with van der Waals surface area (Å²) >= 11 is 1.76. The van der Waals surface area contributed by atoms with E-state index in [4.69, 9.17) is 15.2 Å². The number of anilines is 1. The maximum atomic E-state index is 6.06. The lowest BCUT2D eigenvalue weighted by Crippen LogP contribution is -2.15. The van der Waals surface area contributed by atoms with Crippen molar-refractivity contribution in [3.8, 4) is 11.5 Å². The average molecular weight is 273 g/mol. The molecule has 2 aromatic rings. The van der Waals surface area contributed by atoms with E-state index in [1.807, 2.05) is 30.3 Å². The fourth-order valence-corrected chi connectivity index (χ4v) is 2.87. The molecule has 0 fully saturated rings. The van der Waals surface area contributed by atoms with Gasteiger partial charge in [-0.05, 0) is 23.8 Å². The predicted molar refractivity (Wildman–Crippen MR) is 77.8 cm³/mol. The average Bonchev–Trinajstić information content (AvgIpc) is 2.46. The second-order valence-electron chi connectivity index (χ2n) is 4.30. The third kappa shape index (κ3) is 2.79. The van der Waals surface area contributed by atoms with E-state index in [-0.39, 0.29) is 0 Å². The normalized spacial score (nSPS) is 13.3. The summed E-state index contributed by atoms with van der Waals surface area (Å²) < 4.78 is 11.1. The molecule has 0 saturated carbocycles. The molecule has 98 valence electrons. The van der Waals surface area contributed by atoms with Crippen LogP contribution >= 0.6 is 11.8 Å². The Balaban J connectivity index is 1.77. The summed E-state index contributed by atoms with van der Waals surface area (Å²) in [6, 6.07) is 14.1. The number of hydrogen-bond acceptors (Lipinski definition) is 4. The number of benzene rings is 2. The molecule has 0 radical (unpaired) electrons. The van der Waals surface area contributed by atoms with Gasteiger partial charge >= 0.3 is 0 Å². The van der Waals surface area contributed by atoms with Crippen molar-refractivity contribution in [3.63, 3.8) is 0 Å². The third-order valence-corrected chi connectivity index (χ3v) is 4.00. The minimum atomic E-state index is 0.588. The molecule has 0 bridgehead atoms. The van der Waals surface area contributed by atoms with Crippen LogP contribution in [0, 0.1) is 0 Å². The number of rotatable bonds is 3. The van der Waals surface area contributed by atoms with Crippen molar-refractivity contribution in [2.75, 3.05) is 18.9 Å². The molecular weight excluding hydrogens is 258 g/mol. The Bertz CT molecular complexity index is 572. The highest BCUT2D eigenvalue weighted by Crippen LogP contribution is 2.36. The zero-order chi connectivity index (χ0) is 13.1. The number of hydrogen-bond donors (Lipinski definition) is 1. The van der Waals surface area contributed by atoms with Gasteiger partial charge < -0.3 is 15.2 Å². The summed E-state index contributed by atoms with van der Waals surface area (Å²) in [5, 5.41) is 0. The van der Waals surface area contributed by atoms with E-state index in [0.29, 0.717) is 13.2 Å². The molecule has 3 rings (SSSR count). The van der Waals surface area contributed by atoms with Gasteiger partial charge in [-0.15, -0.1) is 11.8 Å². The van der Waals surface area contributed by atoms with Crippen molar-refractivity contribution in [3.05, 3.63) is 48.0 Å². The Morgan fingerprint density at radius 1 is 1.00 bits per heavy atom. The fraction of sp³-hybridized carbons (Fsp3) is 0.200. The molecule has 0 aliphatic carbocycles. The molecule has 1 aliphatic rings. The van der Waals surface area contributed by atoms with Gasteiger partial charge in [-0.3, -0.25) is 0 Å². The Morgan fingerprint density at radius 2 is 1.68 bits per heavy atom. The van der Waals surface area contributed by atoms with Crippen LogP contribution in [0.3, 0.4) is 0 Å². The van der Waals surface area contributed by atoms with E-state index in [1.54, 1.807) is 11.8 Å². The summed E-state index contributed by atoms with van der Waals surface area (Å²) in [7, 11) is 0. The van der Waals surface area contributed by atoms with Crippen LogP contribution in [0.25, 0.3) is 0 Å². The quantitative estimate of drug-likeness (QED) is 0.688. The van der Waals surface area contributed by atoms with Crippen molar-refractivity contribution < 1.29 is 9.47 Å². The first-order chi connectivity index (χ1) is 9.33. The lowest BCUT2D eigenvalue weighted by atomic mass is 10.2. The molecule has 19 heavy (non-hydrogen) atoms. The molecule has 0 aromatic heterocycles. The zero-order valence-corrected chi connectivity index (χ0v) is 11.3. The number of ether oxygens (including phenoxy) is 2. The fourth-order valence-electron chi connectivity index (χ4n) is 1.95. The summed E-state index contributed by atoms with van der Waals surface area (Å²) in [5.74, 6) is 2.37. The van der Waals surface area contributed by atoms with Gasteiger partial charge in [-0.25, -0.2) is 0 Å². The highest BCUT2D eigenvalue weighted by Gasteiger charge is 2.14. The summed E-state index contributed by atoms with van der Waals surface area (Å²) in [4.78, 5) is 1.23. The topological polar surface area (TPSA) is 44.5 Å². The van der Waals surface area contributed by atoms with Crippen LogP contribution < -0.4 is 15.2 Å². The molecule has 1 aliphatic heterocycles. The molecule has 2 aromatic carbocycles. The monoisotopic (exact) mass is 273 g/mol. The van der Waals surface area contributed by atoms with E-state index in [2.05, 4.69) is 12.1 Å². The van der Waals surface area contributed by atoms with Crippen molar-refractivity contribution >= 4 is 17.4 Å². The van der Waals surface area contributed by atoms with Crippen LogP contribution in [0.4, 0.5) is 5.69 Å². The predicted octanol–water partition coefficient (Wildman–Crippen LogP) is 3.33. The molecular formula is C15H15NO2S. The molecule has 3 nitrogen and oxygen atoms in total. The van der Waals surface area contributed by atoms with Gasteiger partial charge in [-0.1, -0.05) is 18.2 Å². The molecule has 0 unspecified atom stereocenters. The van der Waals surface area contributed by atoms with Crippen LogP contribution in [-0.2, 0) is 5.75 Å². The first kappa shape index (κ1) is 12.2. The molecule has 0 atom stereocenters. The summed E-state index contributed by atoms with van der Waals surface area (Å²) in [5.41, 5.74) is 7.90. The van der Waals surface area contributed by atoms with Crippen LogP contribution in [0.15, 0.2) is 47.4 Å². The molecule has 0 saturated heterocycles. The SMILES string of the molecule is Nc1cc2c(cc1CSc1ccccc1)OCCO2. The Hall–Kier alpha value is -1.81. The highest BCUT2D eigenvalue weighted by atomic mass is 32.2. The minimum absolute atomic E-state index is 0.588. The second-order valence-corrected chi connectivity index (χ2v) is 5.35. The van der Waals surface area contributed by atoms with E-state index >= 15 is 0 Å². The van der Waals surface area contributed by atoms with Crippen LogP contribution in [0.1, 0.15) is 5.56 Å². The zero-order valence-electron chi connectivity index (χ0n) is 10.5. The van der Waals surface area contributed by atoms with Gasteiger partial charge in [-0.2, -0.15) is 0 Å². The number of nitrogen functional groups attached to an aromatic ring is 1. The van der Waals surface area contributed by atoms with Crippen LogP contribution in [0.2, 0.25) is 0 Å². The van der Waals surface area contributed by atoms with E-state index < -0.39 is 0 Å². The number of thioether (sulfide) groups is 1. The van der Waals surface area contributed by atoms with Crippen LogP contribution in [-0.4, -0.2) is 13.2 Å². The van der Waals surface area contributed by atoms with Crippen LogP contribution in [0.5, 0.6) is 11.5 Å². The van der Waals surface area contributed by atoms with Gasteiger partial charge in [0.2, 0.25) is 0 Å². The number of nitrogens with two attached hydrogens (primary N) is 1. The van der Waals surface area contributed by atoms with E-state index in [0.717, 1.165) is 28.5 Å². The first-order valence-corrected chi connectivity index (χ1v) is 7.17. The van der Waals surface area contributed by atoms with Crippen molar-refractivity contribution in [1.82, 2.24) is 0 Å². The lowest BCUT2D eigenvalue weighted by molar-refractivity contribution is 0.171. The lowest BCUT2D eigenvalue weighted by Gasteiger charge is -2.20. The Kier molecular flexibility index (Phi) is 3.51. The molecule has 0 spiro atoms. The van der Waals surface area contributed by atoms with E-state index in [1.165, 1.54) is 4.90 Å². The smallest absolute Gasteiger partial charge is 0.163 e. The maximum Gasteiger partial charge on any atom is 0.163 e. The third-order valence-electron chi connectivity index (χ3n) is 2.94. The summed E-state index contributed by atoms with van der Waals surface area (Å²) in [6.45, 7) is 1.19. The standard InChI is InChI=1S/C15H15NO2S/c16-13-9-15-14(17-6-7-18-15)8-11(13)10-19-12-4-2-1-3-5-12/h1-5,8-9H,6-7,10,16H2. The van der Waals surface area contributed by atoms with Gasteiger partial charge in [0.05, 0.1) is 0 Å². The largest absolute Gasteiger partial charge is 0.486 e. The minimum Gasteiger partial charge on any atom is -0.486 e. The maximum absolute atomic E-state index is 6.06. The van der Waals surface area contributed by atoms with E-state index in [9.17, 15) is 0 Å². The first-order valence-electron chi connectivity index (χ1n) is 6.19. The Labute approximate surface area is 116 Å². The van der Waals surface area contributed by atoms with Gasteiger partial charge in [0.1, 0.15) is 13.2 Å². The van der Waals surface area contributed by atoms with Gasteiger partial charge in [0.15, 0.2) is 11.5 Å². The van der Waals surface area contributed by atoms with Gasteiger partial charge in [0.25, 0.3) is 0 Å². The molecule has 0 amide bonds. The Morgan fingerprint density at radius 3 is 2.42 bits per heavy atom. The molecule has 1 heterocycles. The van der Waals surface area contributed by atoms with Gasteiger partial charge in [0, 0.05) is 22.4 Å².